The van der Waals surface area contributed by atoms with E-state index in [0.29, 0.717) is 0 Å². The minimum Gasteiger partial charge on any atom is -0.370 e. The number of anilines is 1. The molecular weight excluding hydrogens is 232 g/mol. The van der Waals surface area contributed by atoms with Gasteiger partial charge in [-0.05, 0) is 49.9 Å². The molecule has 0 aromatic heterocycles. The van der Waals surface area contributed by atoms with Crippen LogP contribution in [0.5, 0.6) is 0 Å². The number of piperidine rings is 1. The van der Waals surface area contributed by atoms with Crippen LogP contribution in [0.15, 0.2) is 24.3 Å². The molecule has 1 saturated heterocycles. The second-order valence-corrected chi connectivity index (χ2v) is 7.13. The first-order chi connectivity index (χ1) is 8.84. The van der Waals surface area contributed by atoms with Crippen molar-refractivity contribution >= 4 is 5.69 Å². The van der Waals surface area contributed by atoms with Gasteiger partial charge >= 0.3 is 0 Å². The maximum atomic E-state index is 3.47. The van der Waals surface area contributed by atoms with Crippen LogP contribution in [0.25, 0.3) is 0 Å². The van der Waals surface area contributed by atoms with Gasteiger partial charge in [0.1, 0.15) is 0 Å². The van der Waals surface area contributed by atoms with E-state index >= 15 is 0 Å². The smallest absolute Gasteiger partial charge is 0.0367 e. The van der Waals surface area contributed by atoms with E-state index in [1.54, 1.807) is 0 Å². The van der Waals surface area contributed by atoms with Gasteiger partial charge in [0.15, 0.2) is 0 Å². The fraction of sp³-hybridized carbons (Fsp3) is 0.647. The van der Waals surface area contributed by atoms with Gasteiger partial charge in [0.05, 0.1) is 0 Å². The van der Waals surface area contributed by atoms with Crippen molar-refractivity contribution in [3.8, 4) is 0 Å². The highest BCUT2D eigenvalue weighted by Gasteiger charge is 2.29. The van der Waals surface area contributed by atoms with Crippen LogP contribution in [-0.2, 0) is 5.41 Å². The average molecular weight is 260 g/mol. The summed E-state index contributed by atoms with van der Waals surface area (Å²) in [7, 11) is 2.08. The standard InChI is InChI=1S/C17H28N2/c1-16(2,3)14-7-9-15(10-8-14)19-12-6-11-17(4,13-19)18-5/h7-10,18H,6,11-13H2,1-5H3. The Balaban J connectivity index is 2.14. The largest absolute Gasteiger partial charge is 0.370 e. The molecule has 0 bridgehead atoms. The molecule has 1 aromatic carbocycles. The molecule has 19 heavy (non-hydrogen) atoms. The predicted molar refractivity (Wildman–Crippen MR) is 84.1 cm³/mol. The summed E-state index contributed by atoms with van der Waals surface area (Å²) in [4.78, 5) is 2.51. The van der Waals surface area contributed by atoms with Crippen LogP contribution in [0.4, 0.5) is 5.69 Å². The Kier molecular flexibility index (Phi) is 3.91. The molecule has 0 radical (unpaired) electrons. The molecule has 2 nitrogen and oxygen atoms in total. The van der Waals surface area contributed by atoms with Crippen LogP contribution in [0, 0.1) is 0 Å². The van der Waals surface area contributed by atoms with Crippen molar-refractivity contribution in [3.63, 3.8) is 0 Å². The van der Waals surface area contributed by atoms with E-state index in [0.717, 1.165) is 6.54 Å². The van der Waals surface area contributed by atoms with Crippen LogP contribution in [0.2, 0.25) is 0 Å². The number of likely N-dealkylation sites (N-methyl/N-ethyl adjacent to an activating group) is 1. The van der Waals surface area contributed by atoms with Crippen LogP contribution in [0.3, 0.4) is 0 Å². The molecule has 106 valence electrons. The third-order valence-electron chi connectivity index (χ3n) is 4.40. The van der Waals surface area contributed by atoms with Crippen molar-refractivity contribution in [2.24, 2.45) is 0 Å². The third kappa shape index (κ3) is 3.30. The molecule has 1 atom stereocenters. The quantitative estimate of drug-likeness (QED) is 0.874. The SMILES string of the molecule is CNC1(C)CCCN(c2ccc(C(C)(C)C)cc2)C1. The monoisotopic (exact) mass is 260 g/mol. The Morgan fingerprint density at radius 3 is 2.32 bits per heavy atom. The Morgan fingerprint density at radius 1 is 1.16 bits per heavy atom. The number of hydrogen-bond donors (Lipinski definition) is 1. The van der Waals surface area contributed by atoms with E-state index in [1.807, 2.05) is 0 Å². The van der Waals surface area contributed by atoms with Gasteiger partial charge in [0.25, 0.3) is 0 Å². The van der Waals surface area contributed by atoms with E-state index in [2.05, 4.69) is 69.2 Å². The molecular formula is C17H28N2. The lowest BCUT2D eigenvalue weighted by atomic mass is 9.86. The molecule has 0 amide bonds. The minimum atomic E-state index is 0.236. The number of nitrogens with one attached hydrogen (secondary N) is 1. The van der Waals surface area contributed by atoms with Gasteiger partial charge in [0.2, 0.25) is 0 Å². The average Bonchev–Trinajstić information content (AvgIpc) is 2.38. The summed E-state index contributed by atoms with van der Waals surface area (Å²) in [5.41, 5.74) is 3.25. The van der Waals surface area contributed by atoms with Crippen LogP contribution < -0.4 is 10.2 Å². The minimum absolute atomic E-state index is 0.236. The van der Waals surface area contributed by atoms with Crippen molar-refractivity contribution in [2.45, 2.75) is 51.5 Å². The molecule has 1 unspecified atom stereocenters. The van der Waals surface area contributed by atoms with Gasteiger partial charge in [-0.25, -0.2) is 0 Å². The highest BCUT2D eigenvalue weighted by Crippen LogP contribution is 2.28. The molecule has 0 saturated carbocycles. The molecule has 1 aliphatic heterocycles. The zero-order valence-corrected chi connectivity index (χ0v) is 13.1. The van der Waals surface area contributed by atoms with Crippen LogP contribution >= 0.6 is 0 Å². The van der Waals surface area contributed by atoms with Gasteiger partial charge in [-0.3, -0.25) is 0 Å². The van der Waals surface area contributed by atoms with E-state index in [9.17, 15) is 0 Å². The summed E-state index contributed by atoms with van der Waals surface area (Å²) in [6.07, 6.45) is 2.53. The summed E-state index contributed by atoms with van der Waals surface area (Å²) < 4.78 is 0. The van der Waals surface area contributed by atoms with Gasteiger partial charge in [-0.15, -0.1) is 0 Å². The molecule has 0 spiro atoms. The third-order valence-corrected chi connectivity index (χ3v) is 4.40. The maximum absolute atomic E-state index is 3.47. The Morgan fingerprint density at radius 2 is 1.79 bits per heavy atom. The number of hydrogen-bond acceptors (Lipinski definition) is 2. The number of nitrogens with zero attached hydrogens (tertiary/aromatic N) is 1. The predicted octanol–water partition coefficient (Wildman–Crippen LogP) is 3.56. The summed E-state index contributed by atoms with van der Waals surface area (Å²) in [5, 5.41) is 3.47. The summed E-state index contributed by atoms with van der Waals surface area (Å²) in [5.74, 6) is 0. The van der Waals surface area contributed by atoms with E-state index < -0.39 is 0 Å². The molecule has 1 aromatic rings. The second-order valence-electron chi connectivity index (χ2n) is 7.13. The van der Waals surface area contributed by atoms with Gasteiger partial charge in [-0.1, -0.05) is 32.9 Å². The fourth-order valence-electron chi connectivity index (χ4n) is 2.84. The Hall–Kier alpha value is -1.02. The van der Waals surface area contributed by atoms with E-state index in [1.165, 1.54) is 30.6 Å². The molecule has 1 heterocycles. The van der Waals surface area contributed by atoms with Gasteiger partial charge < -0.3 is 10.2 Å². The molecule has 2 rings (SSSR count). The van der Waals surface area contributed by atoms with Gasteiger partial charge in [-0.2, -0.15) is 0 Å². The fourth-order valence-corrected chi connectivity index (χ4v) is 2.84. The Labute approximate surface area is 118 Å². The van der Waals surface area contributed by atoms with E-state index in [4.69, 9.17) is 0 Å². The highest BCUT2D eigenvalue weighted by molar-refractivity contribution is 5.49. The van der Waals surface area contributed by atoms with Crippen LogP contribution in [-0.4, -0.2) is 25.7 Å². The lowest BCUT2D eigenvalue weighted by Gasteiger charge is -2.41. The zero-order valence-electron chi connectivity index (χ0n) is 13.1. The highest BCUT2D eigenvalue weighted by atomic mass is 15.2. The maximum Gasteiger partial charge on any atom is 0.0367 e. The first-order valence-corrected chi connectivity index (χ1v) is 7.38. The molecule has 0 aliphatic carbocycles. The van der Waals surface area contributed by atoms with Crippen molar-refractivity contribution < 1.29 is 0 Å². The number of rotatable bonds is 2. The lowest BCUT2D eigenvalue weighted by molar-refractivity contribution is 0.316. The Bertz CT molecular complexity index is 416. The van der Waals surface area contributed by atoms with Crippen LogP contribution in [0.1, 0.15) is 46.1 Å². The topological polar surface area (TPSA) is 15.3 Å². The second kappa shape index (κ2) is 5.16. The molecule has 2 heteroatoms. The summed E-state index contributed by atoms with van der Waals surface area (Å²) in [6, 6.07) is 9.12. The van der Waals surface area contributed by atoms with Crippen molar-refractivity contribution in [1.82, 2.24) is 5.32 Å². The summed E-state index contributed by atoms with van der Waals surface area (Å²) in [6.45, 7) is 11.4. The van der Waals surface area contributed by atoms with Crippen molar-refractivity contribution in [3.05, 3.63) is 29.8 Å². The first-order valence-electron chi connectivity index (χ1n) is 7.38. The van der Waals surface area contributed by atoms with Crippen molar-refractivity contribution in [2.75, 3.05) is 25.0 Å². The van der Waals surface area contributed by atoms with Gasteiger partial charge in [0, 0.05) is 24.3 Å². The van der Waals surface area contributed by atoms with Crippen molar-refractivity contribution in [1.29, 1.82) is 0 Å². The lowest BCUT2D eigenvalue weighted by Crippen LogP contribution is -2.53. The summed E-state index contributed by atoms with van der Waals surface area (Å²) >= 11 is 0. The first kappa shape index (κ1) is 14.4. The normalized spacial score (nSPS) is 24.6. The molecule has 1 fully saturated rings. The molecule has 1 N–H and O–H groups in total. The number of benzene rings is 1. The zero-order chi connectivity index (χ0) is 14.1. The molecule has 1 aliphatic rings. The van der Waals surface area contributed by atoms with E-state index in [-0.39, 0.29) is 11.0 Å².